The van der Waals surface area contributed by atoms with E-state index in [4.69, 9.17) is 11.1 Å². The Morgan fingerprint density at radius 1 is 0.625 bits per heavy atom. The second-order valence-corrected chi connectivity index (χ2v) is 6.96. The largest absolute Gasteiger partial charge is 0.370 e. The molecule has 4 nitrogen and oxygen atoms in total. The van der Waals surface area contributed by atoms with Crippen LogP contribution in [0.3, 0.4) is 0 Å². The molecule has 4 heteroatoms. The molecule has 0 heterocycles. The number of rotatable bonds is 18. The van der Waals surface area contributed by atoms with Crippen molar-refractivity contribution in [3.63, 3.8) is 0 Å². The van der Waals surface area contributed by atoms with E-state index in [2.05, 4.69) is 0 Å². The fourth-order valence-corrected chi connectivity index (χ4v) is 2.89. The molecule has 0 unspecified atom stereocenters. The number of amides is 1. The third-order valence-electron chi connectivity index (χ3n) is 4.50. The Morgan fingerprint density at radius 3 is 1.21 bits per heavy atom. The molecule has 0 aliphatic heterocycles. The van der Waals surface area contributed by atoms with Gasteiger partial charge in [0.05, 0.1) is 5.71 Å². The normalized spacial score (nSPS) is 10.7. The standard InChI is InChI=1S/C20H38N2O2/c1-18(21)19(23)16-14-12-10-8-6-4-2-3-5-7-9-11-13-15-17-20(22)24/h21H,2-17H2,1H3,(H2,22,24). The summed E-state index contributed by atoms with van der Waals surface area (Å²) >= 11 is 0. The number of carbonyl (C=O) groups is 2. The number of nitrogens with one attached hydrogen (secondary N) is 1. The Morgan fingerprint density at radius 2 is 0.917 bits per heavy atom. The fourth-order valence-electron chi connectivity index (χ4n) is 2.89. The molecule has 0 aromatic carbocycles. The van der Waals surface area contributed by atoms with E-state index in [9.17, 15) is 9.59 Å². The van der Waals surface area contributed by atoms with Gasteiger partial charge >= 0.3 is 0 Å². The zero-order valence-electron chi connectivity index (χ0n) is 15.7. The lowest BCUT2D eigenvalue weighted by atomic mass is 10.0. The highest BCUT2D eigenvalue weighted by Gasteiger charge is 2.02. The third kappa shape index (κ3) is 17.2. The van der Waals surface area contributed by atoms with Crippen LogP contribution in [0.5, 0.6) is 0 Å². The van der Waals surface area contributed by atoms with Crippen LogP contribution in [0.25, 0.3) is 0 Å². The Balaban J connectivity index is 3.09. The minimum Gasteiger partial charge on any atom is -0.370 e. The molecule has 3 N–H and O–H groups in total. The third-order valence-corrected chi connectivity index (χ3v) is 4.50. The molecule has 24 heavy (non-hydrogen) atoms. The van der Waals surface area contributed by atoms with Crippen LogP contribution in [0.2, 0.25) is 0 Å². The van der Waals surface area contributed by atoms with Crippen molar-refractivity contribution < 1.29 is 9.59 Å². The molecule has 0 spiro atoms. The Bertz CT molecular complexity index is 354. The maximum absolute atomic E-state index is 11.3. The predicted octanol–water partition coefficient (Wildman–Crippen LogP) is 5.32. The molecule has 0 bridgehead atoms. The molecular formula is C20H38N2O2. The minimum absolute atomic E-state index is 0.00266. The van der Waals surface area contributed by atoms with Crippen LogP contribution in [-0.4, -0.2) is 17.4 Å². The first-order chi connectivity index (χ1) is 11.5. The van der Waals surface area contributed by atoms with Gasteiger partial charge < -0.3 is 11.1 Å². The number of nitrogens with two attached hydrogens (primary N) is 1. The lowest BCUT2D eigenvalue weighted by Crippen LogP contribution is -2.09. The van der Waals surface area contributed by atoms with Crippen LogP contribution in [-0.2, 0) is 9.59 Å². The Hall–Kier alpha value is -1.19. The smallest absolute Gasteiger partial charge is 0.217 e. The fraction of sp³-hybridized carbons (Fsp3) is 0.850. The Kier molecular flexibility index (Phi) is 15.8. The molecule has 0 radical (unpaired) electrons. The molecule has 0 saturated carbocycles. The van der Waals surface area contributed by atoms with Gasteiger partial charge in [-0.15, -0.1) is 0 Å². The summed E-state index contributed by atoms with van der Waals surface area (Å²) in [6.45, 7) is 1.58. The second-order valence-electron chi connectivity index (χ2n) is 6.96. The number of hydrogen-bond acceptors (Lipinski definition) is 3. The van der Waals surface area contributed by atoms with Crippen LogP contribution in [0.4, 0.5) is 0 Å². The van der Waals surface area contributed by atoms with Crippen molar-refractivity contribution in [2.24, 2.45) is 5.73 Å². The van der Waals surface area contributed by atoms with E-state index in [0.717, 1.165) is 25.7 Å². The lowest BCUT2D eigenvalue weighted by molar-refractivity contribution is -0.118. The number of carbonyl (C=O) groups excluding carboxylic acids is 2. The average Bonchev–Trinajstić information content (AvgIpc) is 2.53. The SMILES string of the molecule is CC(=N)C(=O)CCCCCCCCCCCCCCCCC(N)=O. The summed E-state index contributed by atoms with van der Waals surface area (Å²) in [5, 5.41) is 7.23. The molecule has 0 saturated heterocycles. The van der Waals surface area contributed by atoms with Gasteiger partial charge in [0.25, 0.3) is 0 Å². The molecule has 0 rings (SSSR count). The minimum atomic E-state index is -0.176. The van der Waals surface area contributed by atoms with E-state index in [1.54, 1.807) is 6.92 Å². The van der Waals surface area contributed by atoms with Crippen LogP contribution in [0.15, 0.2) is 0 Å². The molecule has 0 fully saturated rings. The van der Waals surface area contributed by atoms with Gasteiger partial charge in [-0.3, -0.25) is 9.59 Å². The molecule has 140 valence electrons. The highest BCUT2D eigenvalue weighted by Crippen LogP contribution is 2.13. The van der Waals surface area contributed by atoms with Crippen molar-refractivity contribution in [1.82, 2.24) is 0 Å². The second kappa shape index (κ2) is 16.7. The average molecular weight is 339 g/mol. The molecular weight excluding hydrogens is 300 g/mol. The first kappa shape index (κ1) is 22.8. The quantitative estimate of drug-likeness (QED) is 0.262. The van der Waals surface area contributed by atoms with Crippen LogP contribution < -0.4 is 5.73 Å². The van der Waals surface area contributed by atoms with E-state index in [0.29, 0.717) is 12.8 Å². The summed E-state index contributed by atoms with van der Waals surface area (Å²) in [4.78, 5) is 21.8. The summed E-state index contributed by atoms with van der Waals surface area (Å²) < 4.78 is 0. The number of unbranched alkanes of at least 4 members (excludes halogenated alkanes) is 13. The maximum atomic E-state index is 11.3. The van der Waals surface area contributed by atoms with Gasteiger partial charge in [0.15, 0.2) is 5.78 Å². The highest BCUT2D eigenvalue weighted by atomic mass is 16.1. The van der Waals surface area contributed by atoms with Gasteiger partial charge in [-0.2, -0.15) is 0 Å². The summed E-state index contributed by atoms with van der Waals surface area (Å²) in [5.41, 5.74) is 5.30. The molecule has 0 atom stereocenters. The number of hydrogen-bond donors (Lipinski definition) is 2. The highest BCUT2D eigenvalue weighted by molar-refractivity contribution is 6.37. The van der Waals surface area contributed by atoms with Crippen molar-refractivity contribution in [2.45, 2.75) is 110 Å². The summed E-state index contributed by atoms with van der Waals surface area (Å²) in [6, 6.07) is 0. The summed E-state index contributed by atoms with van der Waals surface area (Å²) in [6.07, 6.45) is 18.2. The van der Waals surface area contributed by atoms with Crippen molar-refractivity contribution in [2.75, 3.05) is 0 Å². The van der Waals surface area contributed by atoms with Crippen LogP contribution in [0, 0.1) is 5.41 Å². The molecule has 0 aromatic rings. The zero-order valence-corrected chi connectivity index (χ0v) is 15.7. The van der Waals surface area contributed by atoms with Gasteiger partial charge in [-0.25, -0.2) is 0 Å². The van der Waals surface area contributed by atoms with Gasteiger partial charge in [0.2, 0.25) is 5.91 Å². The van der Waals surface area contributed by atoms with E-state index in [1.807, 2.05) is 0 Å². The number of primary amides is 1. The summed E-state index contributed by atoms with van der Waals surface area (Å²) in [5.74, 6) is -0.173. The first-order valence-corrected chi connectivity index (χ1v) is 9.90. The monoisotopic (exact) mass is 338 g/mol. The van der Waals surface area contributed by atoms with E-state index < -0.39 is 0 Å². The van der Waals surface area contributed by atoms with Crippen LogP contribution >= 0.6 is 0 Å². The van der Waals surface area contributed by atoms with E-state index in [-0.39, 0.29) is 17.4 Å². The number of Topliss-reactive ketones (excluding diaryl/α,β-unsaturated/α-hetero) is 1. The number of ketones is 1. The molecule has 1 amide bonds. The predicted molar refractivity (Wildman–Crippen MR) is 101 cm³/mol. The molecule has 0 aliphatic carbocycles. The topological polar surface area (TPSA) is 84.0 Å². The van der Waals surface area contributed by atoms with E-state index in [1.165, 1.54) is 64.2 Å². The maximum Gasteiger partial charge on any atom is 0.217 e. The van der Waals surface area contributed by atoms with Gasteiger partial charge in [0.1, 0.15) is 0 Å². The lowest BCUT2D eigenvalue weighted by Gasteiger charge is -2.03. The van der Waals surface area contributed by atoms with Crippen molar-refractivity contribution in [3.05, 3.63) is 0 Å². The van der Waals surface area contributed by atoms with Crippen LogP contribution in [0.1, 0.15) is 110 Å². The zero-order chi connectivity index (χ0) is 18.0. The van der Waals surface area contributed by atoms with Crippen molar-refractivity contribution in [3.8, 4) is 0 Å². The van der Waals surface area contributed by atoms with E-state index >= 15 is 0 Å². The van der Waals surface area contributed by atoms with Crippen molar-refractivity contribution >= 4 is 17.4 Å². The van der Waals surface area contributed by atoms with Gasteiger partial charge in [-0.1, -0.05) is 77.0 Å². The molecule has 0 aromatic heterocycles. The van der Waals surface area contributed by atoms with Gasteiger partial charge in [-0.05, 0) is 19.8 Å². The molecule has 0 aliphatic rings. The first-order valence-electron chi connectivity index (χ1n) is 9.90. The van der Waals surface area contributed by atoms with Gasteiger partial charge in [0, 0.05) is 12.8 Å². The Labute approximate surface area is 148 Å². The van der Waals surface area contributed by atoms with Crippen molar-refractivity contribution in [1.29, 1.82) is 5.41 Å². The summed E-state index contributed by atoms with van der Waals surface area (Å²) in [7, 11) is 0.